The van der Waals surface area contributed by atoms with Crippen LogP contribution in [0.2, 0.25) is 0 Å². The molecule has 4 aliphatic heterocycles. The first-order valence-electron chi connectivity index (χ1n) is 16.9. The van der Waals surface area contributed by atoms with Gasteiger partial charge in [0, 0.05) is 70.1 Å². The van der Waals surface area contributed by atoms with Crippen molar-refractivity contribution in [2.24, 2.45) is 5.41 Å². The number of fused-ring (bicyclic) bond motifs is 1. The topological polar surface area (TPSA) is 76.2 Å². The SMILES string of the molecule is CC(C)(C)CCN1C(=O)C(CC(=O)N2CCC(N3CCc4ccccc4NC3=O)CC2)SC1c1ccccc1N1CCCCC1.[HH]. The number of rotatable bonds is 7. The molecule has 4 heterocycles. The Balaban J connectivity index is 0.00000417. The highest BCUT2D eigenvalue weighted by atomic mass is 32.2. The number of piperidine rings is 2. The number of carbonyl (C=O) groups excluding carboxylic acids is 3. The van der Waals surface area contributed by atoms with Crippen LogP contribution in [0.4, 0.5) is 16.2 Å². The fourth-order valence-corrected chi connectivity index (χ4v) is 8.72. The molecule has 1 N–H and O–H groups in total. The molecule has 0 aromatic heterocycles. The van der Waals surface area contributed by atoms with Crippen LogP contribution < -0.4 is 10.2 Å². The second-order valence-corrected chi connectivity index (χ2v) is 15.6. The highest BCUT2D eigenvalue weighted by molar-refractivity contribution is 8.01. The van der Waals surface area contributed by atoms with Crippen molar-refractivity contribution in [3.8, 4) is 0 Å². The van der Waals surface area contributed by atoms with Gasteiger partial charge in [-0.3, -0.25) is 9.59 Å². The average molecular weight is 634 g/mol. The number of carbonyl (C=O) groups is 3. The van der Waals surface area contributed by atoms with E-state index in [1.54, 1.807) is 11.8 Å². The van der Waals surface area contributed by atoms with Gasteiger partial charge in [-0.2, -0.15) is 0 Å². The Morgan fingerprint density at radius 3 is 2.40 bits per heavy atom. The van der Waals surface area contributed by atoms with Crippen LogP contribution in [0.15, 0.2) is 48.5 Å². The number of urea groups is 1. The number of likely N-dealkylation sites (tertiary alicyclic amines) is 1. The Bertz CT molecular complexity index is 1390. The maximum absolute atomic E-state index is 14.0. The molecular weight excluding hydrogens is 582 g/mol. The Morgan fingerprint density at radius 1 is 0.933 bits per heavy atom. The molecule has 0 aliphatic carbocycles. The predicted molar refractivity (Wildman–Crippen MR) is 185 cm³/mol. The van der Waals surface area contributed by atoms with E-state index in [0.717, 1.165) is 50.0 Å². The first-order valence-corrected chi connectivity index (χ1v) is 17.9. The first kappa shape index (κ1) is 31.8. The van der Waals surface area contributed by atoms with E-state index in [1.807, 2.05) is 28.0 Å². The maximum Gasteiger partial charge on any atom is 0.322 e. The molecule has 0 saturated carbocycles. The van der Waals surface area contributed by atoms with Crippen LogP contribution in [0.1, 0.15) is 83.6 Å². The second-order valence-electron chi connectivity index (χ2n) is 14.3. The van der Waals surface area contributed by atoms with Crippen LogP contribution in [-0.4, -0.2) is 83.1 Å². The average Bonchev–Trinajstić information content (AvgIpc) is 3.24. The fourth-order valence-electron chi connectivity index (χ4n) is 7.22. The van der Waals surface area contributed by atoms with E-state index >= 15 is 0 Å². The minimum Gasteiger partial charge on any atom is -0.371 e. The number of nitrogens with zero attached hydrogens (tertiary/aromatic N) is 4. The smallest absolute Gasteiger partial charge is 0.322 e. The molecule has 2 aromatic carbocycles. The van der Waals surface area contributed by atoms with Crippen LogP contribution in [0.25, 0.3) is 0 Å². The monoisotopic (exact) mass is 633 g/mol. The van der Waals surface area contributed by atoms with Crippen molar-refractivity contribution in [2.75, 3.05) is 49.5 Å². The van der Waals surface area contributed by atoms with Crippen LogP contribution in [0.3, 0.4) is 0 Å². The first-order chi connectivity index (χ1) is 21.7. The van der Waals surface area contributed by atoms with Crippen molar-refractivity contribution in [1.82, 2.24) is 14.7 Å². The molecule has 2 atom stereocenters. The van der Waals surface area contributed by atoms with Crippen molar-refractivity contribution in [1.29, 1.82) is 0 Å². The molecule has 9 heteroatoms. The van der Waals surface area contributed by atoms with E-state index in [1.165, 1.54) is 30.5 Å². The van der Waals surface area contributed by atoms with Gasteiger partial charge in [-0.15, -0.1) is 11.8 Å². The lowest BCUT2D eigenvalue weighted by Gasteiger charge is -2.38. The lowest BCUT2D eigenvalue weighted by atomic mass is 9.92. The molecule has 3 saturated heterocycles. The van der Waals surface area contributed by atoms with Crippen molar-refractivity contribution < 1.29 is 15.8 Å². The van der Waals surface area contributed by atoms with Gasteiger partial charge in [-0.05, 0) is 68.1 Å². The van der Waals surface area contributed by atoms with Crippen LogP contribution in [0, 0.1) is 5.41 Å². The van der Waals surface area contributed by atoms with Crippen LogP contribution in [-0.2, 0) is 16.0 Å². The van der Waals surface area contributed by atoms with Gasteiger partial charge in [0.1, 0.15) is 5.37 Å². The van der Waals surface area contributed by atoms with Gasteiger partial charge in [-0.1, -0.05) is 57.2 Å². The highest BCUT2D eigenvalue weighted by Gasteiger charge is 2.44. The van der Waals surface area contributed by atoms with Crippen LogP contribution >= 0.6 is 11.8 Å². The van der Waals surface area contributed by atoms with E-state index in [4.69, 9.17) is 0 Å². The third kappa shape index (κ3) is 7.29. The molecule has 0 spiro atoms. The number of para-hydroxylation sites is 2. The number of amides is 4. The minimum absolute atomic E-state index is 0. The molecule has 0 bridgehead atoms. The Morgan fingerprint density at radius 2 is 1.64 bits per heavy atom. The number of nitrogens with one attached hydrogen (secondary N) is 1. The maximum atomic E-state index is 14.0. The summed E-state index contributed by atoms with van der Waals surface area (Å²) in [6, 6.07) is 16.6. The number of anilines is 2. The Hall–Kier alpha value is -3.20. The van der Waals surface area contributed by atoms with E-state index in [2.05, 4.69) is 66.2 Å². The molecule has 3 fully saturated rings. The predicted octanol–water partition coefficient (Wildman–Crippen LogP) is 6.77. The summed E-state index contributed by atoms with van der Waals surface area (Å²) in [6.07, 6.45) is 7.13. The highest BCUT2D eigenvalue weighted by Crippen LogP contribution is 2.48. The molecule has 2 unspecified atom stereocenters. The Kier molecular flexibility index (Phi) is 9.64. The summed E-state index contributed by atoms with van der Waals surface area (Å²) in [4.78, 5) is 49.2. The quantitative estimate of drug-likeness (QED) is 0.364. The van der Waals surface area contributed by atoms with Gasteiger partial charge in [0.2, 0.25) is 11.8 Å². The molecular formula is C36H51N5O3S. The molecule has 0 radical (unpaired) electrons. The standard InChI is InChI=1S/C36H49N5O3S.H2/c1-36(2,3)18-24-41-33(43)31(45-34(41)28-12-6-8-14-30(28)38-19-9-4-10-20-38)25-32(42)39-21-16-27(17-22-39)40-23-15-26-11-5-7-13-29(26)37-35(40)44;/h5-8,11-14,27,31,34H,4,9-10,15-25H2,1-3H3,(H,37,44);1H. The van der Waals surface area contributed by atoms with Gasteiger partial charge in [0.25, 0.3) is 0 Å². The molecule has 6 rings (SSSR count). The summed E-state index contributed by atoms with van der Waals surface area (Å²) < 4.78 is 0. The van der Waals surface area contributed by atoms with Gasteiger partial charge in [0.15, 0.2) is 0 Å². The minimum atomic E-state index is -0.385. The third-order valence-corrected chi connectivity index (χ3v) is 11.4. The number of benzene rings is 2. The zero-order valence-electron chi connectivity index (χ0n) is 27.2. The molecule has 2 aromatic rings. The van der Waals surface area contributed by atoms with Gasteiger partial charge in [-0.25, -0.2) is 4.79 Å². The van der Waals surface area contributed by atoms with Gasteiger partial charge in [0.05, 0.1) is 5.25 Å². The number of thioether (sulfide) groups is 1. The largest absolute Gasteiger partial charge is 0.371 e. The zero-order valence-corrected chi connectivity index (χ0v) is 28.0. The van der Waals surface area contributed by atoms with Crippen molar-refractivity contribution in [3.05, 3.63) is 59.7 Å². The summed E-state index contributed by atoms with van der Waals surface area (Å²) in [7, 11) is 0. The lowest BCUT2D eigenvalue weighted by Crippen LogP contribution is -2.50. The molecule has 4 aliphatic rings. The van der Waals surface area contributed by atoms with Crippen LogP contribution in [0.5, 0.6) is 0 Å². The van der Waals surface area contributed by atoms with Gasteiger partial charge >= 0.3 is 6.03 Å². The molecule has 45 heavy (non-hydrogen) atoms. The second kappa shape index (κ2) is 13.7. The van der Waals surface area contributed by atoms with Crippen molar-refractivity contribution in [2.45, 2.75) is 88.8 Å². The molecule has 8 nitrogen and oxygen atoms in total. The summed E-state index contributed by atoms with van der Waals surface area (Å²) in [5.41, 5.74) is 4.59. The summed E-state index contributed by atoms with van der Waals surface area (Å²) >= 11 is 1.66. The lowest BCUT2D eigenvalue weighted by molar-refractivity contribution is -0.137. The van der Waals surface area contributed by atoms with E-state index < -0.39 is 0 Å². The van der Waals surface area contributed by atoms with E-state index in [0.29, 0.717) is 26.2 Å². The fraction of sp³-hybridized carbons (Fsp3) is 0.583. The van der Waals surface area contributed by atoms with E-state index in [9.17, 15) is 14.4 Å². The number of hydrogen-bond donors (Lipinski definition) is 1. The van der Waals surface area contributed by atoms with E-state index in [-0.39, 0.29) is 47.8 Å². The summed E-state index contributed by atoms with van der Waals surface area (Å²) in [6.45, 7) is 11.3. The number of hydrogen-bond acceptors (Lipinski definition) is 5. The molecule has 244 valence electrons. The van der Waals surface area contributed by atoms with Crippen molar-refractivity contribution >= 4 is 41.0 Å². The summed E-state index contributed by atoms with van der Waals surface area (Å²) in [5.74, 6) is 0.138. The normalized spacial score (nSPS) is 23.2. The third-order valence-electron chi connectivity index (χ3n) is 9.90. The zero-order chi connectivity index (χ0) is 31.6. The van der Waals surface area contributed by atoms with Crippen molar-refractivity contribution in [3.63, 3.8) is 0 Å². The Labute approximate surface area is 274 Å². The summed E-state index contributed by atoms with van der Waals surface area (Å²) in [5, 5.41) is 2.61. The van der Waals surface area contributed by atoms with Gasteiger partial charge < -0.3 is 24.9 Å². The molecule has 4 amide bonds.